The molecule has 1 aliphatic rings. The zero-order valence-electron chi connectivity index (χ0n) is 21.0. The van der Waals surface area contributed by atoms with Crippen molar-refractivity contribution in [2.24, 2.45) is 0 Å². The molecule has 1 fully saturated rings. The van der Waals surface area contributed by atoms with Gasteiger partial charge >= 0.3 is 0 Å². The molecule has 2 amide bonds. The predicted octanol–water partition coefficient (Wildman–Crippen LogP) is 3.96. The van der Waals surface area contributed by atoms with E-state index in [0.29, 0.717) is 23.0 Å². The van der Waals surface area contributed by atoms with Gasteiger partial charge in [0, 0.05) is 30.8 Å². The lowest BCUT2D eigenvalue weighted by Crippen LogP contribution is -2.51. The lowest BCUT2D eigenvalue weighted by Gasteiger charge is -2.31. The second kappa shape index (κ2) is 12.9. The molecule has 1 atom stereocenters. The van der Waals surface area contributed by atoms with Crippen molar-refractivity contribution in [3.63, 3.8) is 0 Å². The summed E-state index contributed by atoms with van der Waals surface area (Å²) in [7, 11) is 4.69. The van der Waals surface area contributed by atoms with Crippen LogP contribution in [0.15, 0.2) is 42.5 Å². The number of carbonyl (C=O) groups is 2. The highest BCUT2D eigenvalue weighted by Gasteiger charge is 2.28. The van der Waals surface area contributed by atoms with E-state index in [1.54, 1.807) is 51.4 Å². The quantitative estimate of drug-likeness (QED) is 0.520. The predicted molar refractivity (Wildman–Crippen MR) is 133 cm³/mol. The molecule has 1 saturated carbocycles. The fraction of sp³-hybridized carbons (Fsp3) is 0.481. The average molecular weight is 485 g/mol. The standard InChI is InChI=1S/C27H36N2O6/c1-19(27(31)28-21-10-6-5-7-11-21)29(17-20-9-8-12-22(13-20)32-2)26(30)18-35-25-15-23(33-3)14-24(16-25)34-4/h8-9,12-16,19,21H,5-7,10-11,17-18H2,1-4H3,(H,28,31). The molecule has 0 radical (unpaired) electrons. The van der Waals surface area contributed by atoms with Crippen molar-refractivity contribution in [1.82, 2.24) is 10.2 Å². The Morgan fingerprint density at radius 3 is 2.17 bits per heavy atom. The summed E-state index contributed by atoms with van der Waals surface area (Å²) >= 11 is 0. The van der Waals surface area contributed by atoms with E-state index in [1.807, 2.05) is 24.3 Å². The number of rotatable bonds is 11. The third-order valence-electron chi connectivity index (χ3n) is 6.29. The van der Waals surface area contributed by atoms with Crippen LogP contribution in [0.2, 0.25) is 0 Å². The van der Waals surface area contributed by atoms with E-state index in [4.69, 9.17) is 18.9 Å². The first-order chi connectivity index (χ1) is 16.9. The van der Waals surface area contributed by atoms with Crippen LogP contribution in [-0.2, 0) is 16.1 Å². The molecule has 1 aliphatic carbocycles. The van der Waals surface area contributed by atoms with E-state index < -0.39 is 6.04 Å². The van der Waals surface area contributed by atoms with Crippen molar-refractivity contribution < 1.29 is 28.5 Å². The summed E-state index contributed by atoms with van der Waals surface area (Å²) in [4.78, 5) is 28.0. The van der Waals surface area contributed by atoms with Gasteiger partial charge in [-0.2, -0.15) is 0 Å². The van der Waals surface area contributed by atoms with Gasteiger partial charge in [0.25, 0.3) is 5.91 Å². The minimum absolute atomic E-state index is 0.156. The van der Waals surface area contributed by atoms with E-state index in [-0.39, 0.29) is 31.0 Å². The van der Waals surface area contributed by atoms with E-state index in [0.717, 1.165) is 31.2 Å². The maximum Gasteiger partial charge on any atom is 0.261 e. The second-order valence-corrected chi connectivity index (χ2v) is 8.73. The van der Waals surface area contributed by atoms with Gasteiger partial charge < -0.3 is 29.2 Å². The molecule has 0 aromatic heterocycles. The minimum atomic E-state index is -0.668. The Morgan fingerprint density at radius 2 is 1.54 bits per heavy atom. The van der Waals surface area contributed by atoms with E-state index in [9.17, 15) is 9.59 Å². The highest BCUT2D eigenvalue weighted by molar-refractivity contribution is 5.88. The van der Waals surface area contributed by atoms with Gasteiger partial charge in [0.05, 0.1) is 21.3 Å². The third kappa shape index (κ3) is 7.53. The molecule has 2 aromatic carbocycles. The summed E-state index contributed by atoms with van der Waals surface area (Å²) in [5.41, 5.74) is 0.859. The summed E-state index contributed by atoms with van der Waals surface area (Å²) in [6, 6.07) is 12.1. The molecule has 0 heterocycles. The van der Waals surface area contributed by atoms with Gasteiger partial charge in [-0.05, 0) is 37.5 Å². The van der Waals surface area contributed by atoms with Gasteiger partial charge in [-0.25, -0.2) is 0 Å². The molecule has 190 valence electrons. The molecular formula is C27H36N2O6. The van der Waals surface area contributed by atoms with Crippen LogP contribution in [0.3, 0.4) is 0 Å². The first kappa shape index (κ1) is 26.2. The Bertz CT molecular complexity index is 967. The molecule has 0 spiro atoms. The number of ether oxygens (including phenoxy) is 4. The number of benzene rings is 2. The van der Waals surface area contributed by atoms with Gasteiger partial charge in [0.15, 0.2) is 6.61 Å². The van der Waals surface area contributed by atoms with Gasteiger partial charge in [-0.3, -0.25) is 9.59 Å². The van der Waals surface area contributed by atoms with Crippen molar-refractivity contribution >= 4 is 11.8 Å². The molecule has 0 saturated heterocycles. The molecule has 0 aliphatic heterocycles. The van der Waals surface area contributed by atoms with E-state index in [2.05, 4.69) is 5.32 Å². The van der Waals surface area contributed by atoms with Crippen LogP contribution in [0.1, 0.15) is 44.6 Å². The largest absolute Gasteiger partial charge is 0.497 e. The SMILES string of the molecule is COc1cccc(CN(C(=O)COc2cc(OC)cc(OC)c2)C(C)C(=O)NC2CCCCC2)c1. The van der Waals surface area contributed by atoms with Crippen LogP contribution in [0.4, 0.5) is 0 Å². The summed E-state index contributed by atoms with van der Waals surface area (Å²) in [5, 5.41) is 3.13. The van der Waals surface area contributed by atoms with Crippen LogP contribution in [0.5, 0.6) is 23.0 Å². The highest BCUT2D eigenvalue weighted by atomic mass is 16.5. The van der Waals surface area contributed by atoms with Crippen molar-refractivity contribution in [3.8, 4) is 23.0 Å². The Morgan fingerprint density at radius 1 is 0.914 bits per heavy atom. The summed E-state index contributed by atoms with van der Waals surface area (Å²) in [5.74, 6) is 1.78. The monoisotopic (exact) mass is 484 g/mol. The normalized spacial score (nSPS) is 14.5. The number of carbonyl (C=O) groups excluding carboxylic acids is 2. The van der Waals surface area contributed by atoms with Crippen molar-refractivity contribution in [2.75, 3.05) is 27.9 Å². The lowest BCUT2D eigenvalue weighted by atomic mass is 9.95. The number of nitrogens with zero attached hydrogens (tertiary/aromatic N) is 1. The Labute approximate surface area is 207 Å². The minimum Gasteiger partial charge on any atom is -0.497 e. The number of hydrogen-bond acceptors (Lipinski definition) is 6. The Hall–Kier alpha value is -3.42. The van der Waals surface area contributed by atoms with Gasteiger partial charge in [0.2, 0.25) is 5.91 Å². The fourth-order valence-corrected chi connectivity index (χ4v) is 4.21. The van der Waals surface area contributed by atoms with Crippen LogP contribution in [0, 0.1) is 0 Å². The zero-order valence-corrected chi connectivity index (χ0v) is 21.0. The topological polar surface area (TPSA) is 86.3 Å². The Kier molecular flexibility index (Phi) is 9.64. The first-order valence-electron chi connectivity index (χ1n) is 12.0. The fourth-order valence-electron chi connectivity index (χ4n) is 4.21. The van der Waals surface area contributed by atoms with Gasteiger partial charge in [-0.15, -0.1) is 0 Å². The van der Waals surface area contributed by atoms with E-state index in [1.165, 1.54) is 6.42 Å². The lowest BCUT2D eigenvalue weighted by molar-refractivity contribution is -0.142. The molecule has 0 bridgehead atoms. The van der Waals surface area contributed by atoms with Crippen molar-refractivity contribution in [3.05, 3.63) is 48.0 Å². The highest BCUT2D eigenvalue weighted by Crippen LogP contribution is 2.27. The number of nitrogens with one attached hydrogen (secondary N) is 1. The number of amides is 2. The zero-order chi connectivity index (χ0) is 25.2. The molecule has 1 unspecified atom stereocenters. The second-order valence-electron chi connectivity index (χ2n) is 8.73. The maximum atomic E-state index is 13.3. The molecule has 8 nitrogen and oxygen atoms in total. The summed E-state index contributed by atoms with van der Waals surface area (Å²) in [6.45, 7) is 1.77. The summed E-state index contributed by atoms with van der Waals surface area (Å²) in [6.07, 6.45) is 5.38. The van der Waals surface area contributed by atoms with E-state index >= 15 is 0 Å². The molecular weight excluding hydrogens is 448 g/mol. The van der Waals surface area contributed by atoms with Gasteiger partial charge in [-0.1, -0.05) is 31.4 Å². The van der Waals surface area contributed by atoms with Crippen molar-refractivity contribution in [2.45, 2.75) is 57.7 Å². The third-order valence-corrected chi connectivity index (χ3v) is 6.29. The average Bonchev–Trinajstić information content (AvgIpc) is 2.90. The van der Waals surface area contributed by atoms with Crippen LogP contribution in [0.25, 0.3) is 0 Å². The molecule has 3 rings (SSSR count). The number of methoxy groups -OCH3 is 3. The molecule has 2 aromatic rings. The van der Waals surface area contributed by atoms with Crippen LogP contribution in [-0.4, -0.2) is 56.7 Å². The van der Waals surface area contributed by atoms with Crippen LogP contribution >= 0.6 is 0 Å². The molecule has 8 heteroatoms. The van der Waals surface area contributed by atoms with Crippen molar-refractivity contribution in [1.29, 1.82) is 0 Å². The number of hydrogen-bond donors (Lipinski definition) is 1. The molecule has 1 N–H and O–H groups in total. The van der Waals surface area contributed by atoms with Crippen LogP contribution < -0.4 is 24.3 Å². The van der Waals surface area contributed by atoms with Gasteiger partial charge in [0.1, 0.15) is 29.0 Å². The smallest absolute Gasteiger partial charge is 0.261 e. The molecule has 35 heavy (non-hydrogen) atoms. The Balaban J connectivity index is 1.75. The first-order valence-corrected chi connectivity index (χ1v) is 12.0. The maximum absolute atomic E-state index is 13.3. The summed E-state index contributed by atoms with van der Waals surface area (Å²) < 4.78 is 21.7.